The monoisotopic (exact) mass is 535 g/mol. The second-order valence-corrected chi connectivity index (χ2v) is 10.4. The zero-order chi connectivity index (χ0) is 25.2. The van der Waals surface area contributed by atoms with Gasteiger partial charge in [-0.3, -0.25) is 34.3 Å². The number of rotatable bonds is 7. The van der Waals surface area contributed by atoms with E-state index >= 15 is 0 Å². The average Bonchev–Trinajstić information content (AvgIpc) is 3.45. The number of hydrogen-bond acceptors (Lipinski definition) is 8. The first-order valence-electron chi connectivity index (χ1n) is 9.99. The Morgan fingerprint density at radius 2 is 1.97 bits per heavy atom. The van der Waals surface area contributed by atoms with Gasteiger partial charge >= 0.3 is 0 Å². The number of anilines is 3. The van der Waals surface area contributed by atoms with Crippen LogP contribution in [-0.2, 0) is 14.9 Å². The number of thiophene rings is 1. The maximum absolute atomic E-state index is 13.4. The van der Waals surface area contributed by atoms with Crippen LogP contribution in [0.25, 0.3) is 0 Å². The SMILES string of the molecule is N=C1OCCN1c1ccc(N(CS(=O)(=O)O)C(=O)c2ccncc2NC(=O)c2ccc(Cl)s2)cc1. The molecule has 1 saturated heterocycles. The number of hydrogen-bond donors (Lipinski definition) is 3. The normalized spacial score (nSPS) is 13.4. The highest BCUT2D eigenvalue weighted by atomic mass is 35.5. The highest BCUT2D eigenvalue weighted by molar-refractivity contribution is 7.85. The van der Waals surface area contributed by atoms with Crippen LogP contribution in [0.15, 0.2) is 54.9 Å². The standard InChI is InChI=1S/C21H18ClN5O6S2/c22-18-6-5-17(34-18)19(28)25-16-11-24-8-7-15(16)20(29)27(12-35(30,31)32)14-3-1-13(2-4-14)26-9-10-33-21(26)23/h1-8,11,23H,9-10,12H2,(H,25,28)(H,30,31,32). The Balaban J connectivity index is 1.65. The average molecular weight is 536 g/mol. The number of aromatic nitrogens is 1. The van der Waals surface area contributed by atoms with Crippen LogP contribution < -0.4 is 15.1 Å². The summed E-state index contributed by atoms with van der Waals surface area (Å²) in [6.07, 6.45) is 2.58. The minimum absolute atomic E-state index is 0.0205. The largest absolute Gasteiger partial charge is 0.463 e. The molecule has 4 rings (SSSR count). The maximum Gasteiger partial charge on any atom is 0.289 e. The Labute approximate surface area is 209 Å². The number of nitrogens with zero attached hydrogens (tertiary/aromatic N) is 3. The van der Waals surface area contributed by atoms with E-state index in [-0.39, 0.29) is 23.0 Å². The van der Waals surface area contributed by atoms with Crippen LogP contribution in [0, 0.1) is 5.41 Å². The number of halogens is 1. The van der Waals surface area contributed by atoms with Gasteiger partial charge in [0.1, 0.15) is 6.61 Å². The first-order valence-corrected chi connectivity index (χ1v) is 12.8. The summed E-state index contributed by atoms with van der Waals surface area (Å²) in [5, 5.41) is 10.4. The summed E-state index contributed by atoms with van der Waals surface area (Å²) >= 11 is 6.93. The molecular formula is C21H18ClN5O6S2. The van der Waals surface area contributed by atoms with E-state index in [0.717, 1.165) is 16.2 Å². The molecule has 2 amide bonds. The number of carbonyl (C=O) groups excluding carboxylic acids is 2. The third-order valence-electron chi connectivity index (χ3n) is 4.91. The second kappa shape index (κ2) is 10.00. The fraction of sp³-hybridized carbons (Fsp3) is 0.143. The molecule has 0 bridgehead atoms. The first kappa shape index (κ1) is 24.6. The Morgan fingerprint density at radius 1 is 1.23 bits per heavy atom. The highest BCUT2D eigenvalue weighted by Gasteiger charge is 2.27. The van der Waals surface area contributed by atoms with Crippen LogP contribution >= 0.6 is 22.9 Å². The van der Waals surface area contributed by atoms with Gasteiger partial charge < -0.3 is 10.1 Å². The lowest BCUT2D eigenvalue weighted by atomic mass is 10.1. The van der Waals surface area contributed by atoms with E-state index in [2.05, 4.69) is 10.3 Å². The van der Waals surface area contributed by atoms with Crippen molar-refractivity contribution in [1.29, 1.82) is 5.41 Å². The van der Waals surface area contributed by atoms with Gasteiger partial charge in [0.2, 0.25) is 0 Å². The van der Waals surface area contributed by atoms with E-state index in [9.17, 15) is 22.6 Å². The Kier molecular flexibility index (Phi) is 7.03. The molecule has 3 aromatic rings. The van der Waals surface area contributed by atoms with Crippen molar-refractivity contribution >= 4 is 68.0 Å². The molecule has 3 heterocycles. The lowest BCUT2D eigenvalue weighted by Crippen LogP contribution is -2.36. The number of amides is 2. The van der Waals surface area contributed by atoms with Gasteiger partial charge in [-0.2, -0.15) is 8.42 Å². The molecule has 0 radical (unpaired) electrons. The predicted molar refractivity (Wildman–Crippen MR) is 132 cm³/mol. The van der Waals surface area contributed by atoms with E-state index < -0.39 is 27.8 Å². The predicted octanol–water partition coefficient (Wildman–Crippen LogP) is 3.31. The second-order valence-electron chi connectivity index (χ2n) is 7.24. The van der Waals surface area contributed by atoms with E-state index in [4.69, 9.17) is 21.7 Å². The first-order chi connectivity index (χ1) is 16.6. The van der Waals surface area contributed by atoms with Crippen LogP contribution in [0.3, 0.4) is 0 Å². The number of benzene rings is 1. The number of amidine groups is 1. The molecule has 2 aromatic heterocycles. The van der Waals surface area contributed by atoms with E-state index in [1.807, 2.05) is 0 Å². The molecule has 0 atom stereocenters. The molecule has 0 aliphatic carbocycles. The maximum atomic E-state index is 13.4. The summed E-state index contributed by atoms with van der Waals surface area (Å²) in [4.78, 5) is 32.7. The number of carbonyl (C=O) groups is 2. The van der Waals surface area contributed by atoms with Crippen molar-refractivity contribution in [3.8, 4) is 0 Å². The summed E-state index contributed by atoms with van der Waals surface area (Å²) < 4.78 is 38.5. The van der Waals surface area contributed by atoms with E-state index in [0.29, 0.717) is 28.1 Å². The zero-order valence-corrected chi connectivity index (χ0v) is 20.2. The van der Waals surface area contributed by atoms with Crippen LogP contribution in [-0.4, -0.2) is 54.8 Å². The molecule has 1 aromatic carbocycles. The number of ether oxygens (including phenoxy) is 1. The summed E-state index contributed by atoms with van der Waals surface area (Å²) in [6.45, 7) is 0.837. The summed E-state index contributed by atoms with van der Waals surface area (Å²) in [6, 6.07) is 10.5. The summed E-state index contributed by atoms with van der Waals surface area (Å²) in [5.41, 5.74) is 0.786. The van der Waals surface area contributed by atoms with Crippen molar-refractivity contribution in [2.45, 2.75) is 0 Å². The van der Waals surface area contributed by atoms with Crippen LogP contribution in [0.5, 0.6) is 0 Å². The smallest absolute Gasteiger partial charge is 0.289 e. The topological polar surface area (TPSA) is 153 Å². The molecule has 1 aliphatic heterocycles. The van der Waals surface area contributed by atoms with Crippen molar-refractivity contribution in [2.24, 2.45) is 0 Å². The summed E-state index contributed by atoms with van der Waals surface area (Å²) in [7, 11) is -4.61. The lowest BCUT2D eigenvalue weighted by molar-refractivity contribution is 0.0991. The molecule has 35 heavy (non-hydrogen) atoms. The Bertz CT molecular complexity index is 1390. The quantitative estimate of drug-likeness (QED) is 0.389. The molecule has 11 nitrogen and oxygen atoms in total. The van der Waals surface area contributed by atoms with Gasteiger partial charge in [-0.1, -0.05) is 11.6 Å². The van der Waals surface area contributed by atoms with Crippen molar-refractivity contribution in [3.63, 3.8) is 0 Å². The zero-order valence-electron chi connectivity index (χ0n) is 17.8. The van der Waals surface area contributed by atoms with Gasteiger partial charge in [-0.25, -0.2) is 0 Å². The van der Waals surface area contributed by atoms with E-state index in [1.54, 1.807) is 23.1 Å². The van der Waals surface area contributed by atoms with Crippen molar-refractivity contribution < 1.29 is 27.3 Å². The number of pyridine rings is 1. The molecule has 1 aliphatic rings. The fourth-order valence-corrected chi connectivity index (χ4v) is 4.86. The van der Waals surface area contributed by atoms with Crippen molar-refractivity contribution in [2.75, 3.05) is 34.1 Å². The van der Waals surface area contributed by atoms with Gasteiger partial charge in [0.15, 0.2) is 5.88 Å². The minimum Gasteiger partial charge on any atom is -0.463 e. The molecule has 3 N–H and O–H groups in total. The van der Waals surface area contributed by atoms with Gasteiger partial charge in [0.25, 0.3) is 28.0 Å². The summed E-state index contributed by atoms with van der Waals surface area (Å²) in [5.74, 6) is -2.34. The van der Waals surface area contributed by atoms with Gasteiger partial charge in [-0.15, -0.1) is 11.3 Å². The molecular weight excluding hydrogens is 518 g/mol. The van der Waals surface area contributed by atoms with Gasteiger partial charge in [0.05, 0.1) is 33.2 Å². The lowest BCUT2D eigenvalue weighted by Gasteiger charge is -2.23. The van der Waals surface area contributed by atoms with Crippen molar-refractivity contribution in [3.05, 3.63) is 69.6 Å². The van der Waals surface area contributed by atoms with Crippen LogP contribution in [0.2, 0.25) is 4.34 Å². The molecule has 0 saturated carbocycles. The van der Waals surface area contributed by atoms with Crippen LogP contribution in [0.1, 0.15) is 20.0 Å². The molecule has 14 heteroatoms. The molecule has 0 unspecified atom stereocenters. The van der Waals surface area contributed by atoms with E-state index in [1.165, 1.54) is 36.7 Å². The Hall–Kier alpha value is -3.52. The van der Waals surface area contributed by atoms with Crippen LogP contribution in [0.4, 0.5) is 17.1 Å². The van der Waals surface area contributed by atoms with Gasteiger partial charge in [0, 0.05) is 17.6 Å². The highest BCUT2D eigenvalue weighted by Crippen LogP contribution is 2.27. The van der Waals surface area contributed by atoms with Gasteiger partial charge in [-0.05, 0) is 42.5 Å². The third kappa shape index (κ3) is 5.77. The van der Waals surface area contributed by atoms with Crippen molar-refractivity contribution in [1.82, 2.24) is 4.98 Å². The molecule has 182 valence electrons. The fourth-order valence-electron chi connectivity index (χ4n) is 3.33. The third-order valence-corrected chi connectivity index (χ3v) is 6.72. The molecule has 0 spiro atoms. The number of nitrogens with one attached hydrogen (secondary N) is 2. The molecule has 1 fully saturated rings. The minimum atomic E-state index is -4.61. The Morgan fingerprint density at radius 3 is 2.57 bits per heavy atom.